The number of halogens is 1. The molecule has 2 N–H and O–H groups in total. The van der Waals surface area contributed by atoms with Gasteiger partial charge in [0.1, 0.15) is 23.3 Å². The van der Waals surface area contributed by atoms with Crippen molar-refractivity contribution in [2.75, 3.05) is 22.1 Å². The van der Waals surface area contributed by atoms with Gasteiger partial charge < -0.3 is 10.6 Å². The van der Waals surface area contributed by atoms with E-state index in [1.807, 2.05) is 0 Å². The molecule has 1 aromatic carbocycles. The van der Waals surface area contributed by atoms with Crippen LogP contribution in [0.15, 0.2) is 30.3 Å². The molecule has 8 heteroatoms. The van der Waals surface area contributed by atoms with Crippen LogP contribution in [-0.2, 0) is 16.4 Å². The number of anilines is 2. The van der Waals surface area contributed by atoms with Crippen LogP contribution in [0.3, 0.4) is 0 Å². The SMILES string of the molecule is Cc1nc(NCc2ccc(F)cc2)cc(NC2CCS(=O)(=O)C2)n1. The normalized spacial score (nSPS) is 19.2. The number of benzene rings is 1. The van der Waals surface area contributed by atoms with Crippen molar-refractivity contribution in [3.63, 3.8) is 0 Å². The molecule has 128 valence electrons. The van der Waals surface area contributed by atoms with E-state index in [-0.39, 0.29) is 23.4 Å². The molecular weight excluding hydrogens is 331 g/mol. The first-order valence-corrected chi connectivity index (χ1v) is 9.53. The molecule has 1 atom stereocenters. The van der Waals surface area contributed by atoms with E-state index in [4.69, 9.17) is 0 Å². The van der Waals surface area contributed by atoms with Crippen LogP contribution in [0.4, 0.5) is 16.0 Å². The standard InChI is InChI=1S/C16H19FN4O2S/c1-11-19-15(18-9-12-2-4-13(17)5-3-12)8-16(20-11)21-14-6-7-24(22,23)10-14/h2-5,8,14H,6-7,9-10H2,1H3,(H2,18,19,20,21). The van der Waals surface area contributed by atoms with Gasteiger partial charge in [-0.25, -0.2) is 22.8 Å². The van der Waals surface area contributed by atoms with Crippen LogP contribution in [0.5, 0.6) is 0 Å². The first-order chi connectivity index (χ1) is 11.4. The number of nitrogens with zero attached hydrogens (tertiary/aromatic N) is 2. The molecule has 1 saturated heterocycles. The summed E-state index contributed by atoms with van der Waals surface area (Å²) in [5.41, 5.74) is 0.934. The van der Waals surface area contributed by atoms with E-state index in [1.54, 1.807) is 25.1 Å². The Bertz CT molecular complexity index is 824. The summed E-state index contributed by atoms with van der Waals surface area (Å²) in [5.74, 6) is 1.90. The zero-order valence-corrected chi connectivity index (χ0v) is 14.1. The van der Waals surface area contributed by atoms with Gasteiger partial charge in [-0.3, -0.25) is 0 Å². The molecule has 0 amide bonds. The minimum absolute atomic E-state index is 0.116. The average Bonchev–Trinajstić information content (AvgIpc) is 2.85. The van der Waals surface area contributed by atoms with Crippen LogP contribution in [0.2, 0.25) is 0 Å². The lowest BCUT2D eigenvalue weighted by molar-refractivity contribution is 0.602. The maximum absolute atomic E-state index is 12.9. The van der Waals surface area contributed by atoms with Crippen LogP contribution >= 0.6 is 0 Å². The summed E-state index contributed by atoms with van der Waals surface area (Å²) in [6, 6.07) is 7.87. The molecule has 0 radical (unpaired) electrons. The van der Waals surface area contributed by atoms with E-state index >= 15 is 0 Å². The minimum Gasteiger partial charge on any atom is -0.366 e. The summed E-state index contributed by atoms with van der Waals surface area (Å²) < 4.78 is 36.0. The van der Waals surface area contributed by atoms with Crippen molar-refractivity contribution in [1.29, 1.82) is 0 Å². The Hall–Kier alpha value is -2.22. The number of hydrogen-bond acceptors (Lipinski definition) is 6. The predicted octanol–water partition coefficient (Wildman–Crippen LogP) is 2.14. The zero-order chi connectivity index (χ0) is 17.2. The first kappa shape index (κ1) is 16.6. The molecule has 1 aromatic heterocycles. The third-order valence-corrected chi connectivity index (χ3v) is 5.58. The Balaban J connectivity index is 1.66. The van der Waals surface area contributed by atoms with E-state index in [0.29, 0.717) is 30.4 Å². The Labute approximate surface area is 140 Å². The molecule has 1 aliphatic heterocycles. The highest BCUT2D eigenvalue weighted by Gasteiger charge is 2.28. The average molecular weight is 350 g/mol. The molecule has 1 aliphatic rings. The predicted molar refractivity (Wildman–Crippen MR) is 91.2 cm³/mol. The van der Waals surface area contributed by atoms with Crippen molar-refractivity contribution in [1.82, 2.24) is 9.97 Å². The number of aryl methyl sites for hydroxylation is 1. The quantitative estimate of drug-likeness (QED) is 0.859. The third-order valence-electron chi connectivity index (χ3n) is 3.81. The molecule has 0 aliphatic carbocycles. The molecule has 1 fully saturated rings. The molecule has 2 aromatic rings. The van der Waals surface area contributed by atoms with Crippen LogP contribution in [0.1, 0.15) is 17.8 Å². The fraction of sp³-hybridized carbons (Fsp3) is 0.375. The highest BCUT2D eigenvalue weighted by Crippen LogP contribution is 2.18. The van der Waals surface area contributed by atoms with E-state index in [1.165, 1.54) is 12.1 Å². The van der Waals surface area contributed by atoms with Crippen molar-refractivity contribution in [2.24, 2.45) is 0 Å². The van der Waals surface area contributed by atoms with Crippen molar-refractivity contribution in [2.45, 2.75) is 25.9 Å². The Morgan fingerprint density at radius 3 is 2.58 bits per heavy atom. The summed E-state index contributed by atoms with van der Waals surface area (Å²) in [7, 11) is -2.94. The molecule has 0 saturated carbocycles. The summed E-state index contributed by atoms with van der Waals surface area (Å²) in [6.07, 6.45) is 0.587. The zero-order valence-electron chi connectivity index (χ0n) is 13.3. The highest BCUT2D eigenvalue weighted by atomic mass is 32.2. The Morgan fingerprint density at radius 2 is 1.92 bits per heavy atom. The number of nitrogens with one attached hydrogen (secondary N) is 2. The van der Waals surface area contributed by atoms with Gasteiger partial charge in [-0.05, 0) is 31.0 Å². The fourth-order valence-electron chi connectivity index (χ4n) is 2.65. The van der Waals surface area contributed by atoms with Crippen molar-refractivity contribution >= 4 is 21.5 Å². The Kier molecular flexibility index (Phi) is 4.66. The van der Waals surface area contributed by atoms with Gasteiger partial charge in [-0.2, -0.15) is 0 Å². The minimum atomic E-state index is -2.94. The molecule has 2 heterocycles. The lowest BCUT2D eigenvalue weighted by atomic mass is 10.2. The highest BCUT2D eigenvalue weighted by molar-refractivity contribution is 7.91. The Morgan fingerprint density at radius 1 is 1.21 bits per heavy atom. The van der Waals surface area contributed by atoms with Crippen molar-refractivity contribution in [3.05, 3.63) is 47.5 Å². The second kappa shape index (κ2) is 6.72. The van der Waals surface area contributed by atoms with Gasteiger partial charge in [-0.1, -0.05) is 12.1 Å². The van der Waals surface area contributed by atoms with Crippen molar-refractivity contribution < 1.29 is 12.8 Å². The monoisotopic (exact) mass is 350 g/mol. The number of aromatic nitrogens is 2. The second-order valence-corrected chi connectivity index (χ2v) is 8.14. The summed E-state index contributed by atoms with van der Waals surface area (Å²) >= 11 is 0. The van der Waals surface area contributed by atoms with Gasteiger partial charge in [-0.15, -0.1) is 0 Å². The maximum Gasteiger partial charge on any atom is 0.152 e. The van der Waals surface area contributed by atoms with Crippen LogP contribution in [0, 0.1) is 12.7 Å². The van der Waals surface area contributed by atoms with Gasteiger partial charge in [0.15, 0.2) is 9.84 Å². The molecule has 1 unspecified atom stereocenters. The van der Waals surface area contributed by atoms with E-state index in [9.17, 15) is 12.8 Å². The topological polar surface area (TPSA) is 84.0 Å². The maximum atomic E-state index is 12.9. The first-order valence-electron chi connectivity index (χ1n) is 7.71. The van der Waals surface area contributed by atoms with E-state index < -0.39 is 9.84 Å². The molecule has 0 bridgehead atoms. The van der Waals surface area contributed by atoms with Crippen LogP contribution < -0.4 is 10.6 Å². The molecule has 24 heavy (non-hydrogen) atoms. The second-order valence-electron chi connectivity index (χ2n) is 5.91. The summed E-state index contributed by atoms with van der Waals surface area (Å²) in [6.45, 7) is 2.29. The molecule has 6 nitrogen and oxygen atoms in total. The largest absolute Gasteiger partial charge is 0.366 e. The lowest BCUT2D eigenvalue weighted by Gasteiger charge is -2.13. The van der Waals surface area contributed by atoms with E-state index in [0.717, 1.165) is 5.56 Å². The summed E-state index contributed by atoms with van der Waals surface area (Å²) in [5, 5.41) is 6.33. The van der Waals surface area contributed by atoms with Crippen molar-refractivity contribution in [3.8, 4) is 0 Å². The van der Waals surface area contributed by atoms with Gasteiger partial charge in [0.2, 0.25) is 0 Å². The van der Waals surface area contributed by atoms with Gasteiger partial charge in [0.05, 0.1) is 11.5 Å². The molecular formula is C16H19FN4O2S. The number of rotatable bonds is 5. The number of hydrogen-bond donors (Lipinski definition) is 2. The lowest BCUT2D eigenvalue weighted by Crippen LogP contribution is -2.21. The number of sulfone groups is 1. The molecule has 0 spiro atoms. The van der Waals surface area contributed by atoms with E-state index in [2.05, 4.69) is 20.6 Å². The van der Waals surface area contributed by atoms with Crippen LogP contribution in [-0.4, -0.2) is 35.9 Å². The third kappa shape index (κ3) is 4.41. The smallest absolute Gasteiger partial charge is 0.152 e. The van der Waals surface area contributed by atoms with Gasteiger partial charge in [0.25, 0.3) is 0 Å². The fourth-order valence-corrected chi connectivity index (χ4v) is 4.32. The van der Waals surface area contributed by atoms with Gasteiger partial charge in [0, 0.05) is 18.7 Å². The van der Waals surface area contributed by atoms with Gasteiger partial charge >= 0.3 is 0 Å². The summed E-state index contributed by atoms with van der Waals surface area (Å²) in [4.78, 5) is 8.62. The van der Waals surface area contributed by atoms with Crippen LogP contribution in [0.25, 0.3) is 0 Å². The molecule has 3 rings (SSSR count).